The van der Waals surface area contributed by atoms with Crippen LogP contribution in [0.3, 0.4) is 0 Å². The third kappa shape index (κ3) is 1.96. The van der Waals surface area contributed by atoms with E-state index in [0.29, 0.717) is 13.1 Å². The van der Waals surface area contributed by atoms with Gasteiger partial charge in [-0.1, -0.05) is 0 Å². The highest BCUT2D eigenvalue weighted by molar-refractivity contribution is 5.85. The van der Waals surface area contributed by atoms with Crippen LogP contribution in [0.4, 0.5) is 0 Å². The molecular weight excluding hydrogens is 213 g/mol. The predicted molar refractivity (Wildman–Crippen MR) is 54.5 cm³/mol. The zero-order valence-corrected chi connectivity index (χ0v) is 8.86. The van der Waals surface area contributed by atoms with Crippen molar-refractivity contribution in [2.24, 2.45) is 7.05 Å². The fourth-order valence-electron chi connectivity index (χ4n) is 1.37. The normalized spacial score (nSPS) is 18.0. The second-order valence-corrected chi connectivity index (χ2v) is 2.98. The minimum Gasteiger partial charge on any atom is -0.381 e. The molecule has 1 fully saturated rings. The Morgan fingerprint density at radius 1 is 1.54 bits per heavy atom. The van der Waals surface area contributed by atoms with E-state index in [1.807, 2.05) is 13.1 Å². The van der Waals surface area contributed by atoms with Gasteiger partial charge in [0.2, 0.25) is 0 Å². The topological polar surface area (TPSA) is 50.1 Å². The molecule has 0 atom stereocenters. The summed E-state index contributed by atoms with van der Waals surface area (Å²) in [6, 6.07) is 1.85. The fourth-order valence-corrected chi connectivity index (χ4v) is 1.37. The summed E-state index contributed by atoms with van der Waals surface area (Å²) in [6.45, 7) is 1.26. The van der Waals surface area contributed by atoms with Crippen LogP contribution in [0.15, 0.2) is 12.3 Å². The van der Waals surface area contributed by atoms with Crippen molar-refractivity contribution in [1.82, 2.24) is 15.1 Å². The van der Waals surface area contributed by atoms with Gasteiger partial charge >= 0.3 is 0 Å². The first-order valence-corrected chi connectivity index (χ1v) is 3.64. The summed E-state index contributed by atoms with van der Waals surface area (Å²) < 4.78 is 1.71. The number of nitrogens with one attached hydrogen (secondary N) is 1. The molecule has 1 aliphatic heterocycles. The number of hydrogen-bond acceptors (Lipinski definition) is 3. The van der Waals surface area contributed by atoms with Crippen LogP contribution in [-0.2, 0) is 12.6 Å². The van der Waals surface area contributed by atoms with E-state index in [4.69, 9.17) is 0 Å². The first kappa shape index (κ1) is 12.7. The van der Waals surface area contributed by atoms with Crippen LogP contribution in [0.5, 0.6) is 0 Å². The van der Waals surface area contributed by atoms with Crippen LogP contribution in [0.2, 0.25) is 0 Å². The van der Waals surface area contributed by atoms with E-state index < -0.39 is 5.60 Å². The van der Waals surface area contributed by atoms with Crippen LogP contribution in [-0.4, -0.2) is 28.0 Å². The molecule has 0 spiro atoms. The lowest BCUT2D eigenvalue weighted by molar-refractivity contribution is -0.0217. The van der Waals surface area contributed by atoms with Crippen LogP contribution in [0.25, 0.3) is 0 Å². The standard InChI is InChI=1S/C7H11N3O.2ClH/c1-10-6(2-3-9-10)7(11)4-8-5-7;;/h2-3,8,11H,4-5H2,1H3;2*1H. The number of nitrogens with zero attached hydrogens (tertiary/aromatic N) is 2. The van der Waals surface area contributed by atoms with Gasteiger partial charge in [-0.15, -0.1) is 24.8 Å². The molecule has 0 bridgehead atoms. The van der Waals surface area contributed by atoms with E-state index in [-0.39, 0.29) is 24.8 Å². The van der Waals surface area contributed by atoms with Gasteiger partial charge in [-0.2, -0.15) is 5.10 Å². The first-order valence-electron chi connectivity index (χ1n) is 3.64. The summed E-state index contributed by atoms with van der Waals surface area (Å²) in [5.41, 5.74) is 0.210. The second kappa shape index (κ2) is 4.28. The van der Waals surface area contributed by atoms with Crippen LogP contribution in [0, 0.1) is 0 Å². The van der Waals surface area contributed by atoms with Crippen LogP contribution >= 0.6 is 24.8 Å². The summed E-state index contributed by atoms with van der Waals surface area (Å²) in [4.78, 5) is 0. The Kier molecular flexibility index (Phi) is 4.19. The monoisotopic (exact) mass is 225 g/mol. The Morgan fingerprint density at radius 3 is 2.46 bits per heavy atom. The fraction of sp³-hybridized carbons (Fsp3) is 0.571. The van der Waals surface area contributed by atoms with Gasteiger partial charge in [0.15, 0.2) is 0 Å². The maximum absolute atomic E-state index is 9.83. The summed E-state index contributed by atoms with van der Waals surface area (Å²) in [5.74, 6) is 0. The number of hydrogen-bond donors (Lipinski definition) is 2. The van der Waals surface area contributed by atoms with E-state index in [2.05, 4.69) is 10.4 Å². The molecule has 0 unspecified atom stereocenters. The van der Waals surface area contributed by atoms with Crippen molar-refractivity contribution in [2.45, 2.75) is 5.60 Å². The lowest BCUT2D eigenvalue weighted by Gasteiger charge is -2.37. The average molecular weight is 226 g/mol. The lowest BCUT2D eigenvalue weighted by atomic mass is 9.93. The molecule has 0 amide bonds. The van der Waals surface area contributed by atoms with Crippen molar-refractivity contribution in [2.75, 3.05) is 13.1 Å². The van der Waals surface area contributed by atoms with Crippen molar-refractivity contribution in [3.05, 3.63) is 18.0 Å². The minimum atomic E-state index is -0.675. The van der Waals surface area contributed by atoms with Crippen molar-refractivity contribution in [3.8, 4) is 0 Å². The largest absolute Gasteiger partial charge is 0.381 e. The predicted octanol–water partition coefficient (Wildman–Crippen LogP) is 0.0545. The summed E-state index contributed by atoms with van der Waals surface area (Å²) in [7, 11) is 1.84. The second-order valence-electron chi connectivity index (χ2n) is 2.98. The molecule has 1 aliphatic rings. The number of halogens is 2. The number of rotatable bonds is 1. The van der Waals surface area contributed by atoms with Crippen molar-refractivity contribution >= 4 is 24.8 Å². The number of aromatic nitrogens is 2. The highest BCUT2D eigenvalue weighted by Gasteiger charge is 2.38. The van der Waals surface area contributed by atoms with Gasteiger partial charge in [-0.3, -0.25) is 4.68 Å². The Labute approximate surface area is 89.1 Å². The molecule has 0 aliphatic carbocycles. The molecule has 2 heterocycles. The zero-order chi connectivity index (χ0) is 7.90. The van der Waals surface area contributed by atoms with Crippen LogP contribution in [0.1, 0.15) is 5.69 Å². The molecule has 1 aromatic heterocycles. The molecule has 1 saturated heterocycles. The number of β-amino-alcohol motifs (C(OH)–C–C–N with tert-alkyl or cyclic N) is 1. The van der Waals surface area contributed by atoms with Crippen molar-refractivity contribution < 1.29 is 5.11 Å². The number of aliphatic hydroxyl groups is 1. The molecule has 1 aromatic rings. The Hall–Kier alpha value is -0.290. The quantitative estimate of drug-likeness (QED) is 0.711. The van der Waals surface area contributed by atoms with Gasteiger partial charge in [0.25, 0.3) is 0 Å². The van der Waals surface area contributed by atoms with E-state index in [1.54, 1.807) is 10.9 Å². The van der Waals surface area contributed by atoms with Gasteiger partial charge < -0.3 is 10.4 Å². The van der Waals surface area contributed by atoms with Gasteiger partial charge in [0, 0.05) is 26.3 Å². The summed E-state index contributed by atoms with van der Waals surface area (Å²) in [5, 5.41) is 16.8. The van der Waals surface area contributed by atoms with E-state index in [0.717, 1.165) is 5.69 Å². The van der Waals surface area contributed by atoms with E-state index in [1.165, 1.54) is 0 Å². The molecule has 4 nitrogen and oxygen atoms in total. The highest BCUT2D eigenvalue weighted by Crippen LogP contribution is 2.23. The van der Waals surface area contributed by atoms with Crippen LogP contribution < -0.4 is 5.32 Å². The van der Waals surface area contributed by atoms with E-state index in [9.17, 15) is 5.11 Å². The zero-order valence-electron chi connectivity index (χ0n) is 7.23. The molecule has 2 N–H and O–H groups in total. The lowest BCUT2D eigenvalue weighted by Crippen LogP contribution is -2.57. The maximum atomic E-state index is 9.83. The first-order chi connectivity index (χ1) is 5.22. The third-order valence-corrected chi connectivity index (χ3v) is 2.13. The van der Waals surface area contributed by atoms with Crippen molar-refractivity contribution in [3.63, 3.8) is 0 Å². The molecule has 6 heteroatoms. The average Bonchev–Trinajstić information content (AvgIpc) is 2.30. The molecule has 0 aromatic carbocycles. The molecule has 0 radical (unpaired) electrons. The van der Waals surface area contributed by atoms with Gasteiger partial charge in [-0.05, 0) is 6.07 Å². The molecule has 2 rings (SSSR count). The maximum Gasteiger partial charge on any atom is 0.131 e. The summed E-state index contributed by atoms with van der Waals surface area (Å²) >= 11 is 0. The smallest absolute Gasteiger partial charge is 0.131 e. The van der Waals surface area contributed by atoms with Gasteiger partial charge in [0.1, 0.15) is 5.60 Å². The van der Waals surface area contributed by atoms with Gasteiger partial charge in [-0.25, -0.2) is 0 Å². The highest BCUT2D eigenvalue weighted by atomic mass is 35.5. The Morgan fingerprint density at radius 2 is 2.15 bits per heavy atom. The third-order valence-electron chi connectivity index (χ3n) is 2.13. The minimum absolute atomic E-state index is 0. The summed E-state index contributed by atoms with van der Waals surface area (Å²) in [6.07, 6.45) is 1.70. The Bertz CT molecular complexity index is 272. The molecule has 76 valence electrons. The molecule has 0 saturated carbocycles. The Balaban J connectivity index is 0.000000720. The van der Waals surface area contributed by atoms with E-state index >= 15 is 0 Å². The molecular formula is C7H13Cl2N3O. The van der Waals surface area contributed by atoms with Crippen molar-refractivity contribution in [1.29, 1.82) is 0 Å². The number of aryl methyl sites for hydroxylation is 1. The van der Waals surface area contributed by atoms with Gasteiger partial charge in [0.05, 0.1) is 5.69 Å². The molecule has 13 heavy (non-hydrogen) atoms. The SMILES string of the molecule is Cl.Cl.Cn1nccc1C1(O)CNC1.